The zero-order valence-corrected chi connectivity index (χ0v) is 12.1. The number of thiophene rings is 1. The van der Waals surface area contributed by atoms with Crippen molar-refractivity contribution in [1.82, 2.24) is 4.90 Å². The maximum Gasteiger partial charge on any atom is 0.123 e. The highest BCUT2D eigenvalue weighted by molar-refractivity contribution is 7.12. The standard InChI is InChI=1S/C16H16FNOS/c1-18(11-13-4-6-14(17)7-5-13)12-16-9-8-15(20-16)3-2-10-19/h4-9,19H,10-12H2,1H3. The van der Waals surface area contributed by atoms with E-state index >= 15 is 0 Å². The van der Waals surface area contributed by atoms with Gasteiger partial charge in [0.15, 0.2) is 0 Å². The molecule has 0 aliphatic carbocycles. The molecule has 1 aromatic carbocycles. The number of nitrogens with zero attached hydrogens (tertiary/aromatic N) is 1. The van der Waals surface area contributed by atoms with Crippen LogP contribution in [0, 0.1) is 17.7 Å². The van der Waals surface area contributed by atoms with Gasteiger partial charge in [-0.05, 0) is 36.9 Å². The minimum atomic E-state index is -0.207. The molecule has 0 atom stereocenters. The lowest BCUT2D eigenvalue weighted by Gasteiger charge is -2.15. The number of hydrogen-bond acceptors (Lipinski definition) is 3. The Bertz CT molecular complexity index is 609. The first-order valence-corrected chi connectivity index (χ1v) is 7.10. The van der Waals surface area contributed by atoms with E-state index in [0.717, 1.165) is 23.5 Å². The molecule has 0 fully saturated rings. The van der Waals surface area contributed by atoms with Crippen LogP contribution in [0.3, 0.4) is 0 Å². The molecular formula is C16H16FNOS. The Labute approximate surface area is 122 Å². The molecular weight excluding hydrogens is 273 g/mol. The van der Waals surface area contributed by atoms with Crippen LogP contribution < -0.4 is 0 Å². The van der Waals surface area contributed by atoms with Gasteiger partial charge in [0.2, 0.25) is 0 Å². The summed E-state index contributed by atoms with van der Waals surface area (Å²) in [6.07, 6.45) is 0. The van der Waals surface area contributed by atoms with Crippen molar-refractivity contribution in [1.29, 1.82) is 0 Å². The molecule has 1 aromatic heterocycles. The lowest BCUT2D eigenvalue weighted by atomic mass is 10.2. The fraction of sp³-hybridized carbons (Fsp3) is 0.250. The first-order valence-electron chi connectivity index (χ1n) is 6.29. The van der Waals surface area contributed by atoms with E-state index in [1.54, 1.807) is 23.5 Å². The molecule has 0 spiro atoms. The van der Waals surface area contributed by atoms with E-state index in [2.05, 4.69) is 16.7 Å². The molecule has 0 aliphatic heterocycles. The topological polar surface area (TPSA) is 23.5 Å². The minimum Gasteiger partial charge on any atom is -0.384 e. The van der Waals surface area contributed by atoms with Crippen molar-refractivity contribution in [2.24, 2.45) is 0 Å². The van der Waals surface area contributed by atoms with Crippen molar-refractivity contribution in [2.75, 3.05) is 13.7 Å². The number of rotatable bonds is 4. The van der Waals surface area contributed by atoms with Gasteiger partial charge in [0.1, 0.15) is 12.4 Å². The highest BCUT2D eigenvalue weighted by Crippen LogP contribution is 2.18. The molecule has 0 radical (unpaired) electrons. The molecule has 0 unspecified atom stereocenters. The van der Waals surface area contributed by atoms with E-state index in [1.165, 1.54) is 17.0 Å². The summed E-state index contributed by atoms with van der Waals surface area (Å²) in [6.45, 7) is 1.48. The van der Waals surface area contributed by atoms with E-state index in [4.69, 9.17) is 5.11 Å². The van der Waals surface area contributed by atoms with Gasteiger partial charge in [0.05, 0.1) is 4.88 Å². The molecule has 1 N–H and O–H groups in total. The largest absolute Gasteiger partial charge is 0.384 e. The van der Waals surface area contributed by atoms with Crippen molar-refractivity contribution in [3.63, 3.8) is 0 Å². The molecule has 0 saturated carbocycles. The Morgan fingerprint density at radius 3 is 2.60 bits per heavy atom. The summed E-state index contributed by atoms with van der Waals surface area (Å²) in [6, 6.07) is 10.6. The number of halogens is 1. The zero-order chi connectivity index (χ0) is 14.4. The maximum absolute atomic E-state index is 12.8. The van der Waals surface area contributed by atoms with Crippen LogP contribution in [0.1, 0.15) is 15.3 Å². The van der Waals surface area contributed by atoms with Crippen molar-refractivity contribution < 1.29 is 9.50 Å². The lowest BCUT2D eigenvalue weighted by molar-refractivity contribution is 0.322. The molecule has 2 aromatic rings. The normalized spacial score (nSPS) is 10.4. The van der Waals surface area contributed by atoms with E-state index in [0.29, 0.717) is 0 Å². The number of aliphatic hydroxyl groups is 1. The van der Waals surface area contributed by atoms with Gasteiger partial charge >= 0.3 is 0 Å². The molecule has 104 valence electrons. The third kappa shape index (κ3) is 4.46. The summed E-state index contributed by atoms with van der Waals surface area (Å²) in [5.74, 6) is 5.34. The second kappa shape index (κ2) is 7.20. The molecule has 20 heavy (non-hydrogen) atoms. The van der Waals surface area contributed by atoms with Crippen molar-refractivity contribution in [3.8, 4) is 11.8 Å². The van der Waals surface area contributed by atoms with E-state index in [9.17, 15) is 4.39 Å². The Hall–Kier alpha value is -1.67. The van der Waals surface area contributed by atoms with Crippen LogP contribution in [0.25, 0.3) is 0 Å². The summed E-state index contributed by atoms with van der Waals surface area (Å²) in [5.41, 5.74) is 1.09. The molecule has 2 rings (SSSR count). The van der Waals surface area contributed by atoms with Gasteiger partial charge in [0.25, 0.3) is 0 Å². The predicted molar refractivity (Wildman–Crippen MR) is 79.9 cm³/mol. The average Bonchev–Trinajstić information content (AvgIpc) is 2.86. The summed E-state index contributed by atoms with van der Waals surface area (Å²) in [7, 11) is 2.03. The van der Waals surface area contributed by atoms with Crippen molar-refractivity contribution >= 4 is 11.3 Å². The van der Waals surface area contributed by atoms with E-state index in [-0.39, 0.29) is 12.4 Å². The van der Waals surface area contributed by atoms with E-state index < -0.39 is 0 Å². The monoisotopic (exact) mass is 289 g/mol. The smallest absolute Gasteiger partial charge is 0.123 e. The Balaban J connectivity index is 1.92. The highest BCUT2D eigenvalue weighted by Gasteiger charge is 2.04. The van der Waals surface area contributed by atoms with Crippen molar-refractivity contribution in [2.45, 2.75) is 13.1 Å². The molecule has 0 saturated heterocycles. The quantitative estimate of drug-likeness (QED) is 0.875. The van der Waals surface area contributed by atoms with Crippen LogP contribution >= 0.6 is 11.3 Å². The molecule has 4 heteroatoms. The molecule has 0 amide bonds. The lowest BCUT2D eigenvalue weighted by Crippen LogP contribution is -2.16. The van der Waals surface area contributed by atoms with Crippen LogP contribution in [0.2, 0.25) is 0 Å². The predicted octanol–water partition coefficient (Wildman–Crippen LogP) is 2.86. The van der Waals surface area contributed by atoms with Gasteiger partial charge in [-0.3, -0.25) is 4.90 Å². The maximum atomic E-state index is 12.8. The van der Waals surface area contributed by atoms with E-state index in [1.807, 2.05) is 19.2 Å². The van der Waals surface area contributed by atoms with Gasteiger partial charge in [-0.1, -0.05) is 24.0 Å². The highest BCUT2D eigenvalue weighted by atomic mass is 32.1. The summed E-state index contributed by atoms with van der Waals surface area (Å²) in [5, 5.41) is 8.66. The zero-order valence-electron chi connectivity index (χ0n) is 11.3. The minimum absolute atomic E-state index is 0.113. The molecule has 0 aliphatic rings. The van der Waals surface area contributed by atoms with Gasteiger partial charge < -0.3 is 5.11 Å². The van der Waals surface area contributed by atoms with Gasteiger partial charge in [-0.2, -0.15) is 0 Å². The van der Waals surface area contributed by atoms with Crippen LogP contribution in [-0.4, -0.2) is 23.7 Å². The van der Waals surface area contributed by atoms with Crippen LogP contribution in [0.4, 0.5) is 4.39 Å². The summed E-state index contributed by atoms with van der Waals surface area (Å²) in [4.78, 5) is 4.35. The summed E-state index contributed by atoms with van der Waals surface area (Å²) < 4.78 is 12.8. The van der Waals surface area contributed by atoms with Gasteiger partial charge in [-0.25, -0.2) is 4.39 Å². The van der Waals surface area contributed by atoms with Crippen LogP contribution in [0.5, 0.6) is 0 Å². The molecule has 1 heterocycles. The average molecular weight is 289 g/mol. The second-order valence-electron chi connectivity index (χ2n) is 4.52. The fourth-order valence-corrected chi connectivity index (χ4v) is 2.84. The summed E-state index contributed by atoms with van der Waals surface area (Å²) >= 11 is 1.63. The Morgan fingerprint density at radius 2 is 1.90 bits per heavy atom. The first kappa shape index (κ1) is 14.7. The fourth-order valence-electron chi connectivity index (χ4n) is 1.88. The second-order valence-corrected chi connectivity index (χ2v) is 5.69. The van der Waals surface area contributed by atoms with Crippen molar-refractivity contribution in [3.05, 3.63) is 57.5 Å². The number of aliphatic hydroxyl groups excluding tert-OH is 1. The SMILES string of the molecule is CN(Cc1ccc(F)cc1)Cc1ccc(C#CCO)s1. The van der Waals surface area contributed by atoms with Gasteiger partial charge in [0, 0.05) is 18.0 Å². The molecule has 2 nitrogen and oxygen atoms in total. The number of benzene rings is 1. The number of hydrogen-bond donors (Lipinski definition) is 1. The Morgan fingerprint density at radius 1 is 1.15 bits per heavy atom. The molecule has 0 bridgehead atoms. The third-order valence-electron chi connectivity index (χ3n) is 2.74. The Kier molecular flexibility index (Phi) is 5.31. The van der Waals surface area contributed by atoms with Crippen LogP contribution in [-0.2, 0) is 13.1 Å². The van der Waals surface area contributed by atoms with Gasteiger partial charge in [-0.15, -0.1) is 11.3 Å². The third-order valence-corrected chi connectivity index (χ3v) is 3.73. The first-order chi connectivity index (χ1) is 9.67. The van der Waals surface area contributed by atoms with Crippen LogP contribution in [0.15, 0.2) is 36.4 Å².